The van der Waals surface area contributed by atoms with E-state index in [9.17, 15) is 4.79 Å². The number of nitrogens with zero attached hydrogens (tertiary/aromatic N) is 1. The molecule has 0 fully saturated rings. The number of thiazole rings is 1. The molecule has 1 rings (SSSR count). The summed E-state index contributed by atoms with van der Waals surface area (Å²) >= 11 is 1.68. The molecule has 4 nitrogen and oxygen atoms in total. The van der Waals surface area contributed by atoms with Crippen molar-refractivity contribution >= 4 is 17.3 Å². The minimum atomic E-state index is -0.710. The molecule has 0 aromatic carbocycles. The van der Waals surface area contributed by atoms with Gasteiger partial charge in [-0.15, -0.1) is 11.3 Å². The van der Waals surface area contributed by atoms with Crippen molar-refractivity contribution in [3.05, 3.63) is 16.1 Å². The molecular weight excluding hydrogens is 224 g/mol. The fraction of sp³-hybridized carbons (Fsp3) is 0.636. The lowest BCUT2D eigenvalue weighted by Gasteiger charge is -2.02. The molecule has 0 aliphatic heterocycles. The third-order valence-corrected chi connectivity index (χ3v) is 3.04. The number of aryl methyl sites for hydroxylation is 1. The number of unbranched alkanes of at least 4 members (excludes halogenated alkanes) is 1. The molecule has 90 valence electrons. The summed E-state index contributed by atoms with van der Waals surface area (Å²) in [4.78, 5) is 14.6. The Kier molecular flexibility index (Phi) is 6.03. The van der Waals surface area contributed by atoms with Crippen LogP contribution in [-0.4, -0.2) is 29.1 Å². The van der Waals surface area contributed by atoms with E-state index in [4.69, 9.17) is 5.11 Å². The monoisotopic (exact) mass is 242 g/mol. The van der Waals surface area contributed by atoms with Crippen molar-refractivity contribution in [1.29, 1.82) is 0 Å². The van der Waals surface area contributed by atoms with E-state index in [1.54, 1.807) is 11.3 Å². The number of carbonyl (C=O) groups is 1. The molecule has 0 saturated carbocycles. The van der Waals surface area contributed by atoms with Crippen LogP contribution in [0.4, 0.5) is 0 Å². The van der Waals surface area contributed by atoms with Gasteiger partial charge in [0.05, 0.1) is 10.7 Å². The molecule has 1 heterocycles. The van der Waals surface area contributed by atoms with Crippen LogP contribution in [-0.2, 0) is 11.2 Å². The van der Waals surface area contributed by atoms with Crippen LogP contribution in [0, 0.1) is 6.92 Å². The average molecular weight is 242 g/mol. The minimum Gasteiger partial charge on any atom is -0.481 e. The molecule has 0 amide bonds. The second-order valence-electron chi connectivity index (χ2n) is 3.71. The Balaban J connectivity index is 1.94. The summed E-state index contributed by atoms with van der Waals surface area (Å²) in [6, 6.07) is 0. The molecule has 0 unspecified atom stereocenters. The SMILES string of the molecule is Cc1nc(CCNCCCCC(=O)O)cs1. The van der Waals surface area contributed by atoms with Crippen molar-refractivity contribution in [3.63, 3.8) is 0 Å². The van der Waals surface area contributed by atoms with Gasteiger partial charge in [0, 0.05) is 24.8 Å². The number of hydrogen-bond donors (Lipinski definition) is 2. The lowest BCUT2D eigenvalue weighted by atomic mass is 10.2. The van der Waals surface area contributed by atoms with Crippen molar-refractivity contribution in [3.8, 4) is 0 Å². The second kappa shape index (κ2) is 7.35. The average Bonchev–Trinajstić information content (AvgIpc) is 2.62. The zero-order chi connectivity index (χ0) is 11.8. The van der Waals surface area contributed by atoms with E-state index in [0.717, 1.165) is 43.1 Å². The maximum atomic E-state index is 10.2. The van der Waals surface area contributed by atoms with Crippen molar-refractivity contribution in [2.45, 2.75) is 32.6 Å². The first-order valence-corrected chi connectivity index (χ1v) is 6.40. The fourth-order valence-corrected chi connectivity index (χ4v) is 2.04. The van der Waals surface area contributed by atoms with Gasteiger partial charge in [-0.3, -0.25) is 4.79 Å². The Bertz CT molecular complexity index is 326. The Morgan fingerprint density at radius 1 is 1.50 bits per heavy atom. The third-order valence-electron chi connectivity index (χ3n) is 2.22. The Labute approximate surface area is 99.7 Å². The number of rotatable bonds is 8. The molecule has 1 aromatic heterocycles. The number of carboxylic acid groups (broad SMARTS) is 1. The van der Waals surface area contributed by atoms with Gasteiger partial charge in [-0.2, -0.15) is 0 Å². The van der Waals surface area contributed by atoms with E-state index in [0.29, 0.717) is 0 Å². The van der Waals surface area contributed by atoms with Gasteiger partial charge in [0.15, 0.2) is 0 Å². The predicted molar refractivity (Wildman–Crippen MR) is 64.9 cm³/mol. The molecule has 0 saturated heterocycles. The smallest absolute Gasteiger partial charge is 0.303 e. The molecular formula is C11H18N2O2S. The fourth-order valence-electron chi connectivity index (χ4n) is 1.39. The summed E-state index contributed by atoms with van der Waals surface area (Å²) in [6.45, 7) is 3.81. The van der Waals surface area contributed by atoms with E-state index in [1.165, 1.54) is 0 Å². The lowest BCUT2D eigenvalue weighted by molar-refractivity contribution is -0.137. The zero-order valence-electron chi connectivity index (χ0n) is 9.53. The molecule has 0 aliphatic rings. The highest BCUT2D eigenvalue weighted by molar-refractivity contribution is 7.09. The van der Waals surface area contributed by atoms with E-state index >= 15 is 0 Å². The van der Waals surface area contributed by atoms with Crippen LogP contribution in [0.5, 0.6) is 0 Å². The molecule has 5 heteroatoms. The highest BCUT2D eigenvalue weighted by Crippen LogP contribution is 2.07. The van der Waals surface area contributed by atoms with Gasteiger partial charge in [0.25, 0.3) is 0 Å². The number of aromatic nitrogens is 1. The molecule has 0 aliphatic carbocycles. The highest BCUT2D eigenvalue weighted by atomic mass is 32.1. The quantitative estimate of drug-likeness (QED) is 0.683. The minimum absolute atomic E-state index is 0.271. The standard InChI is InChI=1S/C11H18N2O2S/c1-9-13-10(8-16-9)5-7-12-6-3-2-4-11(14)15/h8,12H,2-7H2,1H3,(H,14,15). The molecule has 0 spiro atoms. The number of nitrogens with one attached hydrogen (secondary N) is 1. The molecule has 0 atom stereocenters. The topological polar surface area (TPSA) is 62.2 Å². The predicted octanol–water partition coefficient (Wildman–Crippen LogP) is 1.84. The van der Waals surface area contributed by atoms with E-state index in [2.05, 4.69) is 15.7 Å². The van der Waals surface area contributed by atoms with Crippen molar-refractivity contribution in [1.82, 2.24) is 10.3 Å². The van der Waals surface area contributed by atoms with Crippen LogP contribution >= 0.6 is 11.3 Å². The van der Waals surface area contributed by atoms with Gasteiger partial charge in [0.1, 0.15) is 0 Å². The van der Waals surface area contributed by atoms with Gasteiger partial charge < -0.3 is 10.4 Å². The van der Waals surface area contributed by atoms with Gasteiger partial charge in [-0.1, -0.05) is 0 Å². The largest absolute Gasteiger partial charge is 0.481 e. The first-order valence-electron chi connectivity index (χ1n) is 5.52. The van der Waals surface area contributed by atoms with Crippen molar-refractivity contribution in [2.24, 2.45) is 0 Å². The van der Waals surface area contributed by atoms with Crippen molar-refractivity contribution < 1.29 is 9.90 Å². The Morgan fingerprint density at radius 3 is 2.94 bits per heavy atom. The van der Waals surface area contributed by atoms with Gasteiger partial charge in [-0.25, -0.2) is 4.98 Å². The summed E-state index contributed by atoms with van der Waals surface area (Å²) in [5, 5.41) is 14.9. The van der Waals surface area contributed by atoms with E-state index in [1.807, 2.05) is 6.92 Å². The van der Waals surface area contributed by atoms with Gasteiger partial charge >= 0.3 is 5.97 Å². The summed E-state index contributed by atoms with van der Waals surface area (Å²) in [5.74, 6) is -0.710. The van der Waals surface area contributed by atoms with Crippen LogP contribution in [0.2, 0.25) is 0 Å². The number of hydrogen-bond acceptors (Lipinski definition) is 4. The summed E-state index contributed by atoms with van der Waals surface area (Å²) in [5.41, 5.74) is 1.14. The van der Waals surface area contributed by atoms with Crippen LogP contribution in [0.25, 0.3) is 0 Å². The second-order valence-corrected chi connectivity index (χ2v) is 4.77. The first-order chi connectivity index (χ1) is 7.68. The van der Waals surface area contributed by atoms with E-state index < -0.39 is 5.97 Å². The van der Waals surface area contributed by atoms with Crippen LogP contribution < -0.4 is 5.32 Å². The zero-order valence-corrected chi connectivity index (χ0v) is 10.3. The summed E-state index contributed by atoms with van der Waals surface area (Å²) in [6.07, 6.45) is 2.89. The van der Waals surface area contributed by atoms with Crippen molar-refractivity contribution in [2.75, 3.05) is 13.1 Å². The maximum Gasteiger partial charge on any atom is 0.303 e. The Morgan fingerprint density at radius 2 is 2.31 bits per heavy atom. The molecule has 0 bridgehead atoms. The molecule has 16 heavy (non-hydrogen) atoms. The highest BCUT2D eigenvalue weighted by Gasteiger charge is 1.98. The van der Waals surface area contributed by atoms with Gasteiger partial charge in [-0.05, 0) is 26.3 Å². The van der Waals surface area contributed by atoms with Crippen LogP contribution in [0.1, 0.15) is 30.0 Å². The maximum absolute atomic E-state index is 10.2. The van der Waals surface area contributed by atoms with Crippen LogP contribution in [0.15, 0.2) is 5.38 Å². The normalized spacial score (nSPS) is 10.6. The van der Waals surface area contributed by atoms with Gasteiger partial charge in [0.2, 0.25) is 0 Å². The molecule has 1 aromatic rings. The summed E-state index contributed by atoms with van der Waals surface area (Å²) in [7, 11) is 0. The lowest BCUT2D eigenvalue weighted by Crippen LogP contribution is -2.18. The summed E-state index contributed by atoms with van der Waals surface area (Å²) < 4.78 is 0. The van der Waals surface area contributed by atoms with E-state index in [-0.39, 0.29) is 6.42 Å². The first kappa shape index (κ1) is 13.1. The Hall–Kier alpha value is -0.940. The molecule has 2 N–H and O–H groups in total. The van der Waals surface area contributed by atoms with Crippen LogP contribution in [0.3, 0.4) is 0 Å². The number of carboxylic acids is 1. The third kappa shape index (κ3) is 5.82. The molecule has 0 radical (unpaired) electrons. The number of aliphatic carboxylic acids is 1.